The van der Waals surface area contributed by atoms with Crippen LogP contribution in [0.5, 0.6) is 0 Å². The Kier molecular flexibility index (Phi) is 11.9. The molecule has 7 rings (SSSR count). The number of likely N-dealkylation sites (tertiary alicyclic amines) is 1. The van der Waals surface area contributed by atoms with Gasteiger partial charge < -0.3 is 40.3 Å². The number of carbonyl (C=O) groups excluding carboxylic acids is 5. The Morgan fingerprint density at radius 2 is 1.56 bits per heavy atom. The second-order valence-electron chi connectivity index (χ2n) is 15.7. The summed E-state index contributed by atoms with van der Waals surface area (Å²) in [7, 11) is 0. The summed E-state index contributed by atoms with van der Waals surface area (Å²) >= 11 is 6.31. The lowest BCUT2D eigenvalue weighted by Crippen LogP contribution is -2.60. The number of carbonyl (C=O) groups is 7. The molecule has 4 heterocycles. The molecule has 0 bridgehead atoms. The first-order valence-corrected chi connectivity index (χ1v) is 19.8. The van der Waals surface area contributed by atoms with Crippen LogP contribution in [0.25, 0.3) is 16.6 Å². The molecule has 1 atom stereocenters. The van der Waals surface area contributed by atoms with E-state index in [2.05, 4.69) is 26.2 Å². The quantitative estimate of drug-likeness (QED) is 0.112. The van der Waals surface area contributed by atoms with Crippen LogP contribution in [-0.4, -0.2) is 124 Å². The number of hydrogen-bond acceptors (Lipinski definition) is 11. The molecule has 0 aliphatic carbocycles. The molecule has 5 aromatic rings. The molecule has 2 aliphatic heterocycles. The lowest BCUT2D eigenvalue weighted by Gasteiger charge is -2.38. The number of tetrazole rings is 1. The van der Waals surface area contributed by atoms with Crippen molar-refractivity contribution in [3.05, 3.63) is 89.3 Å². The van der Waals surface area contributed by atoms with Gasteiger partial charge in [0.2, 0.25) is 5.91 Å². The van der Waals surface area contributed by atoms with E-state index in [4.69, 9.17) is 16.3 Å². The molecule has 2 saturated heterocycles. The number of nitrogens with zero attached hydrogens (tertiary/aromatic N) is 8. The average molecular weight is 869 g/mol. The van der Waals surface area contributed by atoms with Gasteiger partial charge in [-0.25, -0.2) is 19.0 Å². The molecule has 0 spiro atoms. The minimum absolute atomic E-state index is 0.0452. The first kappa shape index (κ1) is 42.8. The molecule has 3 aromatic carbocycles. The number of aromatic carboxylic acids is 1. The van der Waals surface area contributed by atoms with E-state index < -0.39 is 47.1 Å². The van der Waals surface area contributed by atoms with Gasteiger partial charge >= 0.3 is 35.9 Å². The zero-order valence-electron chi connectivity index (χ0n) is 33.6. The number of aromatic nitrogens is 5. The highest BCUT2D eigenvalue weighted by Gasteiger charge is 2.41. The fourth-order valence-electron chi connectivity index (χ4n) is 7.43. The van der Waals surface area contributed by atoms with Crippen molar-refractivity contribution in [2.75, 3.05) is 41.7 Å². The van der Waals surface area contributed by atoms with Gasteiger partial charge in [0.15, 0.2) is 0 Å². The number of halogens is 1. The van der Waals surface area contributed by atoms with Crippen molar-refractivity contribution in [1.29, 1.82) is 0 Å². The molecule has 2 aromatic heterocycles. The highest BCUT2D eigenvalue weighted by atomic mass is 35.5. The van der Waals surface area contributed by atoms with Crippen LogP contribution in [0.3, 0.4) is 0 Å². The van der Waals surface area contributed by atoms with E-state index in [0.29, 0.717) is 47.4 Å². The van der Waals surface area contributed by atoms with Crippen LogP contribution in [0.15, 0.2) is 73.1 Å². The Bertz CT molecular complexity index is 2580. The summed E-state index contributed by atoms with van der Waals surface area (Å²) in [6, 6.07) is 15.0. The van der Waals surface area contributed by atoms with Gasteiger partial charge in [-0.3, -0.25) is 19.2 Å². The van der Waals surface area contributed by atoms with E-state index in [-0.39, 0.29) is 64.7 Å². The standard InChI is InChI=1S/C41H41ClN10O10/c1-41(2,3)62-38(58)24-12-14-48(15-13-24)39(59)45-27-7-4-23(5-8-27)18-32(34(53)44-28-9-11-29-25(19-28)20-33(37(56)57)52(29)40(60)61)50-17-16-49(35(54)36(50)55)31-21-26(42)6-10-30(31)51-22-43-46-47-51/h4-11,19-22,24,32H,12-18H2,1-3H3,(H,44,53)(H,45,59)(H,56,57)(H,60,61). The minimum Gasteiger partial charge on any atom is -0.477 e. The summed E-state index contributed by atoms with van der Waals surface area (Å²) in [4.78, 5) is 95.6. The maximum Gasteiger partial charge on any atom is 0.416 e. The van der Waals surface area contributed by atoms with Crippen LogP contribution in [0.1, 0.15) is 49.7 Å². The monoisotopic (exact) mass is 868 g/mol. The first-order chi connectivity index (χ1) is 29.5. The number of benzene rings is 3. The van der Waals surface area contributed by atoms with Crippen LogP contribution in [0.4, 0.5) is 26.7 Å². The van der Waals surface area contributed by atoms with Crippen molar-refractivity contribution in [1.82, 2.24) is 34.6 Å². The average Bonchev–Trinajstić information content (AvgIpc) is 3.90. The van der Waals surface area contributed by atoms with Gasteiger partial charge in [0, 0.05) is 54.4 Å². The molecule has 4 N–H and O–H groups in total. The molecular weight excluding hydrogens is 828 g/mol. The molecule has 62 heavy (non-hydrogen) atoms. The van der Waals surface area contributed by atoms with E-state index in [1.165, 1.54) is 40.2 Å². The third kappa shape index (κ3) is 9.19. The number of piperazine rings is 1. The van der Waals surface area contributed by atoms with Crippen molar-refractivity contribution >= 4 is 81.4 Å². The van der Waals surface area contributed by atoms with Gasteiger partial charge in [0.05, 0.1) is 22.8 Å². The number of rotatable bonds is 10. The molecule has 0 radical (unpaired) electrons. The Morgan fingerprint density at radius 1 is 0.855 bits per heavy atom. The van der Waals surface area contributed by atoms with E-state index in [1.54, 1.807) is 62.1 Å². The van der Waals surface area contributed by atoms with Crippen LogP contribution in [-0.2, 0) is 30.3 Å². The normalized spacial score (nSPS) is 15.4. The molecule has 322 valence electrons. The fourth-order valence-corrected chi connectivity index (χ4v) is 7.60. The smallest absolute Gasteiger partial charge is 0.416 e. The van der Waals surface area contributed by atoms with Crippen LogP contribution in [0, 0.1) is 5.92 Å². The second kappa shape index (κ2) is 17.3. The topological polar surface area (TPSA) is 251 Å². The van der Waals surface area contributed by atoms with Gasteiger partial charge in [0.25, 0.3) is 0 Å². The number of fused-ring (bicyclic) bond motifs is 1. The summed E-state index contributed by atoms with van der Waals surface area (Å²) in [5.74, 6) is -4.68. The zero-order valence-corrected chi connectivity index (χ0v) is 34.4. The highest BCUT2D eigenvalue weighted by molar-refractivity contribution is 6.41. The molecule has 5 amide bonds. The molecule has 2 aliphatic rings. The van der Waals surface area contributed by atoms with E-state index >= 15 is 0 Å². The van der Waals surface area contributed by atoms with E-state index in [1.807, 2.05) is 0 Å². The van der Waals surface area contributed by atoms with Crippen molar-refractivity contribution in [2.45, 2.75) is 51.7 Å². The van der Waals surface area contributed by atoms with Gasteiger partial charge in [-0.1, -0.05) is 23.7 Å². The Morgan fingerprint density at radius 3 is 2.21 bits per heavy atom. The molecule has 21 heteroatoms. The Labute approximate surface area is 357 Å². The number of hydrogen-bond donors (Lipinski definition) is 4. The largest absolute Gasteiger partial charge is 0.477 e. The number of anilines is 3. The second-order valence-corrected chi connectivity index (χ2v) is 16.1. The van der Waals surface area contributed by atoms with Crippen LogP contribution >= 0.6 is 11.6 Å². The molecule has 1 unspecified atom stereocenters. The lowest BCUT2D eigenvalue weighted by molar-refractivity contribution is -0.161. The number of esters is 1. The summed E-state index contributed by atoms with van der Waals surface area (Å²) in [6.45, 7) is 6.00. The molecule has 0 saturated carbocycles. The van der Waals surface area contributed by atoms with Gasteiger partial charge in [-0.05, 0) is 104 Å². The van der Waals surface area contributed by atoms with Crippen LogP contribution < -0.4 is 15.5 Å². The predicted molar refractivity (Wildman–Crippen MR) is 222 cm³/mol. The third-order valence-corrected chi connectivity index (χ3v) is 10.6. The SMILES string of the molecule is CC(C)(C)OC(=O)C1CCN(C(=O)Nc2ccc(CC(C(=O)Nc3ccc4c(c3)cc(C(=O)O)n4C(=O)O)N3CCN(c4cc(Cl)ccc4-n4cnnn4)C(=O)C3=O)cc2)CC1. The third-order valence-electron chi connectivity index (χ3n) is 10.4. The maximum absolute atomic E-state index is 14.3. The van der Waals surface area contributed by atoms with Crippen LogP contribution in [0.2, 0.25) is 5.02 Å². The lowest BCUT2D eigenvalue weighted by atomic mass is 9.97. The number of carboxylic acid groups (broad SMARTS) is 2. The number of nitrogens with one attached hydrogen (secondary N) is 2. The van der Waals surface area contributed by atoms with E-state index in [9.17, 15) is 43.8 Å². The Hall–Kier alpha value is -7.35. The van der Waals surface area contributed by atoms with Crippen molar-refractivity contribution in [3.63, 3.8) is 0 Å². The first-order valence-electron chi connectivity index (χ1n) is 19.4. The summed E-state index contributed by atoms with van der Waals surface area (Å²) in [6.07, 6.45) is 0.660. The number of urea groups is 1. The fraction of sp³-hybridized carbons (Fsp3) is 0.317. The number of amides is 5. The summed E-state index contributed by atoms with van der Waals surface area (Å²) in [5.41, 5.74) is 0.794. The molecule has 20 nitrogen and oxygen atoms in total. The molecule has 2 fully saturated rings. The molecular formula is C41H41ClN10O10. The van der Waals surface area contributed by atoms with Gasteiger partial charge in [0.1, 0.15) is 23.7 Å². The number of carboxylic acids is 1. The number of piperidine rings is 1. The van der Waals surface area contributed by atoms with Gasteiger partial charge in [-0.2, -0.15) is 4.68 Å². The van der Waals surface area contributed by atoms with Gasteiger partial charge in [-0.15, -0.1) is 5.10 Å². The number of ether oxygens (including phenoxy) is 1. The van der Waals surface area contributed by atoms with Crippen molar-refractivity contribution < 1.29 is 48.5 Å². The predicted octanol–water partition coefficient (Wildman–Crippen LogP) is 4.51. The minimum atomic E-state index is -1.51. The zero-order chi connectivity index (χ0) is 44.5. The van der Waals surface area contributed by atoms with E-state index in [0.717, 1.165) is 11.0 Å². The van der Waals surface area contributed by atoms with Crippen molar-refractivity contribution in [3.8, 4) is 5.69 Å². The highest BCUT2D eigenvalue weighted by Crippen LogP contribution is 2.31. The van der Waals surface area contributed by atoms with Crippen molar-refractivity contribution in [2.24, 2.45) is 5.92 Å². The summed E-state index contributed by atoms with van der Waals surface area (Å²) < 4.78 is 7.43. The maximum atomic E-state index is 14.3. The summed E-state index contributed by atoms with van der Waals surface area (Å²) in [5, 5.41) is 36.6. The Balaban J connectivity index is 1.10.